The normalized spacial score (nSPS) is 19.3. The summed E-state index contributed by atoms with van der Waals surface area (Å²) in [6.45, 7) is 5.18. The lowest BCUT2D eigenvalue weighted by Crippen LogP contribution is -2.50. The van der Waals surface area contributed by atoms with Crippen molar-refractivity contribution in [1.82, 2.24) is 20.0 Å². The van der Waals surface area contributed by atoms with Gasteiger partial charge in [-0.15, -0.1) is 0 Å². The molecule has 5 heteroatoms. The third kappa shape index (κ3) is 3.01. The first-order valence-electron chi connectivity index (χ1n) is 8.32. The van der Waals surface area contributed by atoms with Gasteiger partial charge in [0.15, 0.2) is 0 Å². The van der Waals surface area contributed by atoms with Gasteiger partial charge in [-0.25, -0.2) is 0 Å². The summed E-state index contributed by atoms with van der Waals surface area (Å²) in [6, 6.07) is 8.97. The number of rotatable bonds is 4. The zero-order valence-corrected chi connectivity index (χ0v) is 13.5. The van der Waals surface area contributed by atoms with Crippen LogP contribution >= 0.6 is 0 Å². The zero-order chi connectivity index (χ0) is 15.8. The van der Waals surface area contributed by atoms with E-state index >= 15 is 0 Å². The summed E-state index contributed by atoms with van der Waals surface area (Å²) < 4.78 is 0. The molecule has 5 nitrogen and oxygen atoms in total. The maximum absolute atomic E-state index is 12.3. The summed E-state index contributed by atoms with van der Waals surface area (Å²) >= 11 is 0. The highest BCUT2D eigenvalue weighted by atomic mass is 16.2. The summed E-state index contributed by atoms with van der Waals surface area (Å²) in [6.07, 6.45) is 4.25. The second-order valence-electron chi connectivity index (χ2n) is 6.67. The van der Waals surface area contributed by atoms with Crippen LogP contribution in [0.4, 0.5) is 0 Å². The van der Waals surface area contributed by atoms with Gasteiger partial charge in [-0.3, -0.25) is 14.8 Å². The molecule has 1 saturated carbocycles. The fourth-order valence-electron chi connectivity index (χ4n) is 3.28. The lowest BCUT2D eigenvalue weighted by atomic mass is 10.1. The van der Waals surface area contributed by atoms with Crippen LogP contribution < -0.4 is 0 Å². The van der Waals surface area contributed by atoms with Gasteiger partial charge in [-0.1, -0.05) is 29.8 Å². The Hall–Kier alpha value is -2.14. The van der Waals surface area contributed by atoms with Crippen molar-refractivity contribution in [3.8, 4) is 11.3 Å². The van der Waals surface area contributed by atoms with Crippen molar-refractivity contribution in [1.29, 1.82) is 0 Å². The van der Waals surface area contributed by atoms with Gasteiger partial charge in [-0.05, 0) is 25.3 Å². The molecule has 23 heavy (non-hydrogen) atoms. The van der Waals surface area contributed by atoms with E-state index < -0.39 is 0 Å². The van der Waals surface area contributed by atoms with Crippen LogP contribution in [0.25, 0.3) is 11.3 Å². The lowest BCUT2D eigenvalue weighted by Gasteiger charge is -2.34. The largest absolute Gasteiger partial charge is 0.337 e. The highest BCUT2D eigenvalue weighted by molar-refractivity contribution is 5.79. The second kappa shape index (κ2) is 5.81. The average molecular weight is 310 g/mol. The van der Waals surface area contributed by atoms with Crippen LogP contribution in [0.2, 0.25) is 0 Å². The van der Waals surface area contributed by atoms with Crippen molar-refractivity contribution in [2.75, 3.05) is 19.6 Å². The van der Waals surface area contributed by atoms with E-state index in [1.807, 2.05) is 6.20 Å². The quantitative estimate of drug-likeness (QED) is 0.942. The number of nitrogens with zero attached hydrogens (tertiary/aromatic N) is 3. The molecule has 1 aliphatic heterocycles. The Morgan fingerprint density at radius 3 is 2.70 bits per heavy atom. The number of carbonyl (C=O) groups excluding carboxylic acids is 1. The van der Waals surface area contributed by atoms with Gasteiger partial charge in [0.2, 0.25) is 5.91 Å². The highest BCUT2D eigenvalue weighted by Crippen LogP contribution is 2.29. The Morgan fingerprint density at radius 2 is 2.00 bits per heavy atom. The molecule has 2 heterocycles. The molecule has 0 unspecified atom stereocenters. The average Bonchev–Trinajstić information content (AvgIpc) is 3.28. The smallest absolute Gasteiger partial charge is 0.237 e. The van der Waals surface area contributed by atoms with Crippen LogP contribution in [-0.2, 0) is 11.3 Å². The molecule has 1 amide bonds. The Bertz CT molecular complexity index is 702. The fourth-order valence-corrected chi connectivity index (χ4v) is 3.28. The molecule has 0 bridgehead atoms. The van der Waals surface area contributed by atoms with E-state index in [9.17, 15) is 4.79 Å². The molecule has 1 aliphatic carbocycles. The van der Waals surface area contributed by atoms with Crippen LogP contribution in [0.5, 0.6) is 0 Å². The summed E-state index contributed by atoms with van der Waals surface area (Å²) in [5.41, 5.74) is 4.60. The summed E-state index contributed by atoms with van der Waals surface area (Å²) in [5, 5.41) is 7.32. The maximum atomic E-state index is 12.3. The zero-order valence-electron chi connectivity index (χ0n) is 13.5. The molecule has 0 atom stereocenters. The number of H-pyrrole nitrogens is 1. The predicted octanol–water partition coefficient (Wildman–Crippen LogP) is 2.19. The molecule has 0 spiro atoms. The number of amides is 1. The molecule has 120 valence electrons. The van der Waals surface area contributed by atoms with Gasteiger partial charge in [0.05, 0.1) is 18.4 Å². The van der Waals surface area contributed by atoms with Crippen LogP contribution in [0.15, 0.2) is 30.5 Å². The van der Waals surface area contributed by atoms with Crippen LogP contribution in [0.3, 0.4) is 0 Å². The standard InChI is InChI=1S/C18H22N4O/c1-13-2-4-14(5-3-13)18-15(10-19-20-18)11-21-8-9-22(16-6-7-16)17(23)12-21/h2-5,10,16H,6-9,11-12H2,1H3,(H,19,20). The second-order valence-corrected chi connectivity index (χ2v) is 6.67. The van der Waals surface area contributed by atoms with E-state index in [2.05, 4.69) is 51.2 Å². The lowest BCUT2D eigenvalue weighted by molar-refractivity contribution is -0.136. The van der Waals surface area contributed by atoms with Gasteiger partial charge in [0.25, 0.3) is 0 Å². The van der Waals surface area contributed by atoms with Gasteiger partial charge in [-0.2, -0.15) is 5.10 Å². The highest BCUT2D eigenvalue weighted by Gasteiger charge is 2.35. The van der Waals surface area contributed by atoms with Gasteiger partial charge >= 0.3 is 0 Å². The monoisotopic (exact) mass is 310 g/mol. The molecule has 1 aromatic heterocycles. The van der Waals surface area contributed by atoms with Crippen molar-refractivity contribution >= 4 is 5.91 Å². The van der Waals surface area contributed by atoms with Crippen molar-refractivity contribution in [2.45, 2.75) is 32.4 Å². The number of aromatic nitrogens is 2. The van der Waals surface area contributed by atoms with E-state index in [0.29, 0.717) is 12.6 Å². The molecule has 2 aromatic rings. The fraction of sp³-hybridized carbons (Fsp3) is 0.444. The first kappa shape index (κ1) is 14.5. The summed E-state index contributed by atoms with van der Waals surface area (Å²) in [4.78, 5) is 16.6. The molecule has 1 N–H and O–H groups in total. The molecule has 1 aromatic carbocycles. The molecule has 4 rings (SSSR count). The molecule has 1 saturated heterocycles. The predicted molar refractivity (Wildman–Crippen MR) is 88.8 cm³/mol. The first-order chi connectivity index (χ1) is 11.2. The van der Waals surface area contributed by atoms with Crippen molar-refractivity contribution in [3.63, 3.8) is 0 Å². The van der Waals surface area contributed by atoms with Gasteiger partial charge in [0.1, 0.15) is 0 Å². The summed E-state index contributed by atoms with van der Waals surface area (Å²) in [5.74, 6) is 0.277. The molecule has 0 radical (unpaired) electrons. The number of aryl methyl sites for hydroxylation is 1. The third-order valence-corrected chi connectivity index (χ3v) is 4.78. The topological polar surface area (TPSA) is 52.2 Å². The van der Waals surface area contributed by atoms with Crippen LogP contribution in [-0.4, -0.2) is 51.6 Å². The van der Waals surface area contributed by atoms with Gasteiger partial charge < -0.3 is 4.90 Å². The van der Waals surface area contributed by atoms with E-state index in [1.165, 1.54) is 18.4 Å². The minimum Gasteiger partial charge on any atom is -0.337 e. The number of piperazine rings is 1. The number of hydrogen-bond acceptors (Lipinski definition) is 3. The maximum Gasteiger partial charge on any atom is 0.237 e. The minimum atomic E-state index is 0.277. The Kier molecular flexibility index (Phi) is 3.65. The Labute approximate surface area is 136 Å². The van der Waals surface area contributed by atoms with E-state index in [4.69, 9.17) is 0 Å². The van der Waals surface area contributed by atoms with Crippen LogP contribution in [0, 0.1) is 6.92 Å². The Morgan fingerprint density at radius 1 is 1.22 bits per heavy atom. The van der Waals surface area contributed by atoms with Crippen molar-refractivity contribution in [2.24, 2.45) is 0 Å². The number of benzene rings is 1. The SMILES string of the molecule is Cc1ccc(-c2[nH]ncc2CN2CCN(C3CC3)C(=O)C2)cc1. The van der Waals surface area contributed by atoms with Crippen molar-refractivity contribution in [3.05, 3.63) is 41.6 Å². The summed E-state index contributed by atoms with van der Waals surface area (Å²) in [7, 11) is 0. The third-order valence-electron chi connectivity index (χ3n) is 4.78. The van der Waals surface area contributed by atoms with E-state index in [1.54, 1.807) is 0 Å². The number of hydrogen-bond donors (Lipinski definition) is 1. The van der Waals surface area contributed by atoms with Crippen molar-refractivity contribution < 1.29 is 4.79 Å². The van der Waals surface area contributed by atoms with E-state index in [-0.39, 0.29) is 5.91 Å². The van der Waals surface area contributed by atoms with Crippen LogP contribution in [0.1, 0.15) is 24.0 Å². The first-order valence-corrected chi connectivity index (χ1v) is 8.32. The minimum absolute atomic E-state index is 0.277. The number of aromatic amines is 1. The molecule has 2 aliphatic rings. The molecular formula is C18H22N4O. The van der Waals surface area contributed by atoms with E-state index in [0.717, 1.165) is 36.5 Å². The molecule has 2 fully saturated rings. The van der Waals surface area contributed by atoms with Gasteiger partial charge in [0, 0.05) is 31.2 Å². The Balaban J connectivity index is 1.46. The number of nitrogens with one attached hydrogen (secondary N) is 1. The molecular weight excluding hydrogens is 288 g/mol. The number of carbonyl (C=O) groups is 1.